The summed E-state index contributed by atoms with van der Waals surface area (Å²) in [5, 5.41) is 9.49. The smallest absolute Gasteiger partial charge is 0.407 e. The Labute approximate surface area is 117 Å². The molecule has 0 aromatic heterocycles. The minimum atomic E-state index is -0.451. The molecule has 0 heterocycles. The van der Waals surface area contributed by atoms with Crippen LogP contribution in [0, 0.1) is 0 Å². The van der Waals surface area contributed by atoms with Gasteiger partial charge in [0.05, 0.1) is 0 Å². The van der Waals surface area contributed by atoms with Gasteiger partial charge >= 0.3 is 6.09 Å². The molecule has 0 bridgehead atoms. The van der Waals surface area contributed by atoms with E-state index in [0.717, 1.165) is 19.6 Å². The minimum Gasteiger partial charge on any atom is -0.444 e. The Kier molecular flexibility index (Phi) is 7.37. The largest absolute Gasteiger partial charge is 0.444 e. The van der Waals surface area contributed by atoms with Crippen molar-refractivity contribution in [2.24, 2.45) is 0 Å². The summed E-state index contributed by atoms with van der Waals surface area (Å²) < 4.78 is 5.19. The SMILES string of the molecule is CC(CNCCNC(C)(C)C)NC(=O)OC(C)(C)C. The Morgan fingerprint density at radius 2 is 1.68 bits per heavy atom. The number of rotatable bonds is 6. The van der Waals surface area contributed by atoms with Gasteiger partial charge in [-0.25, -0.2) is 4.79 Å². The highest BCUT2D eigenvalue weighted by Crippen LogP contribution is 2.06. The van der Waals surface area contributed by atoms with Crippen molar-refractivity contribution in [2.45, 2.75) is 65.6 Å². The average Bonchev–Trinajstić information content (AvgIpc) is 2.11. The fourth-order valence-electron chi connectivity index (χ4n) is 1.40. The second-order valence-corrected chi connectivity index (χ2v) is 6.93. The van der Waals surface area contributed by atoms with Crippen LogP contribution >= 0.6 is 0 Å². The fourth-order valence-corrected chi connectivity index (χ4v) is 1.40. The number of carbonyl (C=O) groups is 1. The Bertz CT molecular complexity index is 267. The zero-order valence-corrected chi connectivity index (χ0v) is 13.5. The van der Waals surface area contributed by atoms with Crippen molar-refractivity contribution in [3.63, 3.8) is 0 Å². The van der Waals surface area contributed by atoms with Gasteiger partial charge in [0.15, 0.2) is 0 Å². The maximum Gasteiger partial charge on any atom is 0.407 e. The van der Waals surface area contributed by atoms with Crippen LogP contribution in [0.2, 0.25) is 0 Å². The first-order valence-electron chi connectivity index (χ1n) is 6.95. The highest BCUT2D eigenvalue weighted by atomic mass is 16.6. The molecule has 114 valence electrons. The zero-order valence-electron chi connectivity index (χ0n) is 13.5. The number of carbonyl (C=O) groups excluding carboxylic acids is 1. The van der Waals surface area contributed by atoms with Crippen LogP contribution in [0.15, 0.2) is 0 Å². The first-order chi connectivity index (χ1) is 8.49. The number of hydrogen-bond donors (Lipinski definition) is 3. The molecule has 0 fully saturated rings. The molecule has 0 saturated heterocycles. The Balaban J connectivity index is 3.65. The molecule has 1 atom stereocenters. The normalized spacial score (nSPS) is 14.1. The molecule has 0 aliphatic rings. The van der Waals surface area contributed by atoms with Crippen molar-refractivity contribution in [1.29, 1.82) is 0 Å². The zero-order chi connectivity index (χ0) is 15.1. The Hall–Kier alpha value is -0.810. The molecule has 0 aliphatic heterocycles. The highest BCUT2D eigenvalue weighted by molar-refractivity contribution is 5.68. The second-order valence-electron chi connectivity index (χ2n) is 6.93. The molecule has 0 aromatic rings. The van der Waals surface area contributed by atoms with Gasteiger partial charge in [0.25, 0.3) is 0 Å². The van der Waals surface area contributed by atoms with Crippen LogP contribution in [-0.2, 0) is 4.74 Å². The molecule has 0 rings (SSSR count). The van der Waals surface area contributed by atoms with Gasteiger partial charge in [-0.3, -0.25) is 0 Å². The van der Waals surface area contributed by atoms with Gasteiger partial charge in [0.1, 0.15) is 5.60 Å². The molecule has 0 saturated carbocycles. The highest BCUT2D eigenvalue weighted by Gasteiger charge is 2.17. The third-order valence-corrected chi connectivity index (χ3v) is 2.17. The molecule has 5 nitrogen and oxygen atoms in total. The topological polar surface area (TPSA) is 62.4 Å². The summed E-state index contributed by atoms with van der Waals surface area (Å²) in [5.74, 6) is 0. The standard InChI is InChI=1S/C14H31N3O2/c1-11(17-12(18)19-14(5,6)7)10-15-8-9-16-13(2,3)4/h11,15-16H,8-10H2,1-7H3,(H,17,18). The second kappa shape index (κ2) is 7.70. The fraction of sp³-hybridized carbons (Fsp3) is 0.929. The van der Waals surface area contributed by atoms with Crippen molar-refractivity contribution in [1.82, 2.24) is 16.0 Å². The van der Waals surface area contributed by atoms with Crippen LogP contribution in [0.3, 0.4) is 0 Å². The van der Waals surface area contributed by atoms with Crippen molar-refractivity contribution >= 4 is 6.09 Å². The summed E-state index contributed by atoms with van der Waals surface area (Å²) in [4.78, 5) is 11.5. The molecular weight excluding hydrogens is 242 g/mol. The lowest BCUT2D eigenvalue weighted by atomic mass is 10.1. The van der Waals surface area contributed by atoms with Gasteiger partial charge in [-0.05, 0) is 48.5 Å². The minimum absolute atomic E-state index is 0.0458. The van der Waals surface area contributed by atoms with Crippen molar-refractivity contribution in [3.05, 3.63) is 0 Å². The summed E-state index contributed by atoms with van der Waals surface area (Å²) in [6.07, 6.45) is -0.366. The summed E-state index contributed by atoms with van der Waals surface area (Å²) in [6.45, 7) is 16.4. The molecule has 0 aromatic carbocycles. The summed E-state index contributed by atoms with van der Waals surface area (Å²) in [6, 6.07) is 0.0458. The molecule has 3 N–H and O–H groups in total. The van der Waals surface area contributed by atoms with E-state index in [1.807, 2.05) is 27.7 Å². The average molecular weight is 273 g/mol. The predicted octanol–water partition coefficient (Wildman–Crippen LogP) is 1.88. The number of nitrogens with one attached hydrogen (secondary N) is 3. The quantitative estimate of drug-likeness (QED) is 0.647. The molecular formula is C14H31N3O2. The van der Waals surface area contributed by atoms with Gasteiger partial charge in [-0.2, -0.15) is 0 Å². The molecule has 0 aliphatic carbocycles. The molecule has 5 heteroatoms. The summed E-state index contributed by atoms with van der Waals surface area (Å²) >= 11 is 0. The lowest BCUT2D eigenvalue weighted by molar-refractivity contribution is 0.0508. The summed E-state index contributed by atoms with van der Waals surface area (Å²) in [5.41, 5.74) is -0.310. The maximum absolute atomic E-state index is 11.5. The maximum atomic E-state index is 11.5. The Morgan fingerprint density at radius 1 is 1.11 bits per heavy atom. The number of ether oxygens (including phenoxy) is 1. The van der Waals surface area contributed by atoms with Gasteiger partial charge in [0, 0.05) is 31.2 Å². The van der Waals surface area contributed by atoms with Crippen LogP contribution in [0.4, 0.5) is 4.79 Å². The first-order valence-corrected chi connectivity index (χ1v) is 6.95. The lowest BCUT2D eigenvalue weighted by Gasteiger charge is -2.23. The van der Waals surface area contributed by atoms with Crippen LogP contribution in [0.1, 0.15) is 48.5 Å². The van der Waals surface area contributed by atoms with Gasteiger partial charge < -0.3 is 20.7 Å². The summed E-state index contributed by atoms with van der Waals surface area (Å²) in [7, 11) is 0. The van der Waals surface area contributed by atoms with Gasteiger partial charge in [0.2, 0.25) is 0 Å². The number of amides is 1. The number of hydrogen-bond acceptors (Lipinski definition) is 4. The monoisotopic (exact) mass is 273 g/mol. The molecule has 0 spiro atoms. The van der Waals surface area contributed by atoms with Crippen LogP contribution in [0.5, 0.6) is 0 Å². The van der Waals surface area contributed by atoms with E-state index in [2.05, 4.69) is 36.7 Å². The van der Waals surface area contributed by atoms with Crippen molar-refractivity contribution in [3.8, 4) is 0 Å². The van der Waals surface area contributed by atoms with Gasteiger partial charge in [-0.1, -0.05) is 0 Å². The van der Waals surface area contributed by atoms with E-state index in [-0.39, 0.29) is 17.7 Å². The van der Waals surface area contributed by atoms with Crippen molar-refractivity contribution in [2.75, 3.05) is 19.6 Å². The third-order valence-electron chi connectivity index (χ3n) is 2.17. The molecule has 0 radical (unpaired) electrons. The van der Waals surface area contributed by atoms with E-state index >= 15 is 0 Å². The molecule has 19 heavy (non-hydrogen) atoms. The van der Waals surface area contributed by atoms with E-state index in [1.165, 1.54) is 0 Å². The van der Waals surface area contributed by atoms with E-state index in [9.17, 15) is 4.79 Å². The third kappa shape index (κ3) is 13.4. The number of alkyl carbamates (subject to hydrolysis) is 1. The van der Waals surface area contributed by atoms with E-state index in [4.69, 9.17) is 4.74 Å². The predicted molar refractivity (Wildman–Crippen MR) is 79.5 cm³/mol. The van der Waals surface area contributed by atoms with E-state index in [0.29, 0.717) is 0 Å². The van der Waals surface area contributed by atoms with Crippen molar-refractivity contribution < 1.29 is 9.53 Å². The Morgan fingerprint density at radius 3 is 2.16 bits per heavy atom. The van der Waals surface area contributed by atoms with E-state index < -0.39 is 5.60 Å². The van der Waals surface area contributed by atoms with E-state index in [1.54, 1.807) is 0 Å². The van der Waals surface area contributed by atoms with Gasteiger partial charge in [-0.15, -0.1) is 0 Å². The first kappa shape index (κ1) is 18.2. The van der Waals surface area contributed by atoms with Crippen LogP contribution < -0.4 is 16.0 Å². The molecule has 1 unspecified atom stereocenters. The van der Waals surface area contributed by atoms with Crippen LogP contribution in [0.25, 0.3) is 0 Å². The lowest BCUT2D eigenvalue weighted by Crippen LogP contribution is -2.45. The van der Waals surface area contributed by atoms with Crippen LogP contribution in [-0.4, -0.2) is 42.9 Å². The molecule has 1 amide bonds.